The first-order valence-corrected chi connectivity index (χ1v) is 23.9. The Labute approximate surface area is 373 Å². The van der Waals surface area contributed by atoms with Crippen molar-refractivity contribution in [1.82, 2.24) is 0 Å². The van der Waals surface area contributed by atoms with E-state index in [1.54, 1.807) is 12.1 Å². The van der Waals surface area contributed by atoms with Crippen LogP contribution in [0, 0.1) is 48.5 Å². The average Bonchev–Trinajstić information content (AvgIpc) is 3.26. The van der Waals surface area contributed by atoms with Gasteiger partial charge in [0.1, 0.15) is 0 Å². The van der Waals surface area contributed by atoms with Crippen molar-refractivity contribution in [2.45, 2.75) is 67.7 Å². The fourth-order valence-corrected chi connectivity index (χ4v) is 14.9. The van der Waals surface area contributed by atoms with E-state index in [2.05, 4.69) is 149 Å². The van der Waals surface area contributed by atoms with E-state index in [1.165, 1.54) is 0 Å². The van der Waals surface area contributed by atoms with Gasteiger partial charge in [-0.3, -0.25) is 0 Å². The zero-order chi connectivity index (χ0) is 44.5. The van der Waals surface area contributed by atoms with E-state index in [0.29, 0.717) is 25.0 Å². The van der Waals surface area contributed by atoms with Gasteiger partial charge in [-0.25, -0.2) is 0 Å². The second-order valence-electron chi connectivity index (χ2n) is 17.6. The molecule has 0 bridgehead atoms. The fraction of sp³-hybridized carbons (Fsp3) is 0.172. The number of aryl methyl sites for hydroxylation is 7. The van der Waals surface area contributed by atoms with E-state index in [4.69, 9.17) is 4.52 Å². The van der Waals surface area contributed by atoms with Gasteiger partial charge in [-0.1, -0.05) is 0 Å². The number of phenolic OH excluding ortho intramolecular Hbond substituents is 3. The van der Waals surface area contributed by atoms with Gasteiger partial charge in [0.05, 0.1) is 0 Å². The van der Waals surface area contributed by atoms with Gasteiger partial charge >= 0.3 is 375 Å². The summed E-state index contributed by atoms with van der Waals surface area (Å²) in [5.41, 5.74) is 12.6. The van der Waals surface area contributed by atoms with Gasteiger partial charge in [-0.05, 0) is 0 Å². The van der Waals surface area contributed by atoms with Crippen LogP contribution in [0.4, 0.5) is 0 Å². The minimum atomic E-state index is -4.31. The summed E-state index contributed by atoms with van der Waals surface area (Å²) in [6.45, 7) is 10.3. The molecule has 0 aliphatic heterocycles. The van der Waals surface area contributed by atoms with Crippen molar-refractivity contribution < 1.29 is 19.8 Å². The Morgan fingerprint density at radius 3 is 1.00 bits per heavy atom. The molecule has 0 saturated carbocycles. The van der Waals surface area contributed by atoms with E-state index >= 15 is 0 Å². The number of hydrogen-bond acceptors (Lipinski definition) is 4. The number of aromatic hydroxyl groups is 3. The minimum absolute atomic E-state index is 0.195. The van der Waals surface area contributed by atoms with Gasteiger partial charge < -0.3 is 0 Å². The molecule has 0 atom stereocenters. The predicted molar refractivity (Wildman–Crippen MR) is 264 cm³/mol. The number of phenols is 3. The molecule has 3 N–H and O–H groups in total. The predicted octanol–water partition coefficient (Wildman–Crippen LogP) is 11.9. The molecule has 8 aromatic rings. The molecule has 0 aromatic heterocycles. The molecule has 8 rings (SSSR count). The van der Waals surface area contributed by atoms with Crippen molar-refractivity contribution in [2.75, 3.05) is 0 Å². The second kappa shape index (κ2) is 17.3. The molecule has 8 aromatic carbocycles. The molecule has 0 aliphatic carbocycles. The SMILES string of the molecule is Cc1ccc(P(Oc2c(Cc3cc(C)ccc3O)cccc2Cc2cc(C)cc(Cc3cc(C)ccc3O)c2O)(c2ccc(C)cc2)(c2ccc(C)cc2)c2ccc(C)cc2)cc1. The van der Waals surface area contributed by atoms with Crippen molar-refractivity contribution in [2.24, 2.45) is 0 Å². The summed E-state index contributed by atoms with van der Waals surface area (Å²) in [4.78, 5) is 0. The normalized spacial score (nSPS) is 12.1. The van der Waals surface area contributed by atoms with Gasteiger partial charge in [0, 0.05) is 0 Å². The third-order valence-electron chi connectivity index (χ3n) is 12.6. The second-order valence-corrected chi connectivity index (χ2v) is 21.9. The monoisotopic (exact) mass is 848 g/mol. The number of rotatable bonds is 12. The molecule has 0 radical (unpaired) electrons. The van der Waals surface area contributed by atoms with E-state index in [-0.39, 0.29) is 17.2 Å². The Morgan fingerprint density at radius 2 is 0.635 bits per heavy atom. The van der Waals surface area contributed by atoms with Crippen LogP contribution in [-0.2, 0) is 19.3 Å². The Morgan fingerprint density at radius 1 is 0.333 bits per heavy atom. The van der Waals surface area contributed by atoms with Crippen LogP contribution in [0.25, 0.3) is 0 Å². The first-order valence-electron chi connectivity index (χ1n) is 21.7. The van der Waals surface area contributed by atoms with Crippen molar-refractivity contribution in [3.05, 3.63) is 236 Å². The molecule has 0 heterocycles. The Hall–Kier alpha value is -6.61. The topological polar surface area (TPSA) is 69.9 Å². The van der Waals surface area contributed by atoms with Crippen molar-refractivity contribution >= 4 is 28.0 Å². The molecule has 0 spiro atoms. The molecule has 0 saturated heterocycles. The summed E-state index contributed by atoms with van der Waals surface area (Å²) < 4.78 is 8.53. The Kier molecular flexibility index (Phi) is 11.8. The van der Waals surface area contributed by atoms with E-state index in [9.17, 15) is 15.3 Å². The third-order valence-corrected chi connectivity index (χ3v) is 18.3. The fourth-order valence-electron chi connectivity index (χ4n) is 9.17. The van der Waals surface area contributed by atoms with Crippen molar-refractivity contribution in [3.8, 4) is 23.0 Å². The number of para-hydroxylation sites is 1. The standard InChI is InChI=1S/C58H57O4P/c1-38-11-21-51(22-12-38)63(52-23-13-39(2)14-24-52,53-25-15-40(3)16-26-53,54-27-17-41(4)18-28-54)62-58-45(35-47-31-42(5)19-29-55(47)59)9-8-10-46(58)36-49-33-44(7)34-50(57(49)61)37-48-32-43(6)20-30-56(48)60/h8-34,59-61H,35-37H2,1-7H3. The zero-order valence-electron chi connectivity index (χ0n) is 37.4. The average molecular weight is 849 g/mol. The molecular formula is C58H57O4P. The summed E-state index contributed by atoms with van der Waals surface area (Å²) in [5.74, 6) is 1.33. The Balaban J connectivity index is 1.46. The molecule has 4 nitrogen and oxygen atoms in total. The van der Waals surface area contributed by atoms with Crippen LogP contribution < -0.4 is 25.7 Å². The molecule has 0 unspecified atom stereocenters. The summed E-state index contributed by atoms with van der Waals surface area (Å²) >= 11 is 0. The van der Waals surface area contributed by atoms with Crippen molar-refractivity contribution in [3.63, 3.8) is 0 Å². The molecule has 318 valence electrons. The zero-order valence-corrected chi connectivity index (χ0v) is 38.3. The maximum absolute atomic E-state index is 12.2. The van der Waals surface area contributed by atoms with Crippen LogP contribution in [0.3, 0.4) is 0 Å². The molecule has 0 fully saturated rings. The molecular weight excluding hydrogens is 792 g/mol. The van der Waals surface area contributed by atoms with Gasteiger partial charge in [-0.15, -0.1) is 0 Å². The summed E-state index contributed by atoms with van der Waals surface area (Å²) in [7, 11) is 0. The van der Waals surface area contributed by atoms with Crippen LogP contribution in [0.5, 0.6) is 23.0 Å². The van der Waals surface area contributed by atoms with E-state index < -0.39 is 6.83 Å². The molecule has 5 heteroatoms. The van der Waals surface area contributed by atoms with Crippen LogP contribution in [0.1, 0.15) is 72.3 Å². The first-order chi connectivity index (χ1) is 30.2. The van der Waals surface area contributed by atoms with Gasteiger partial charge in [0.15, 0.2) is 0 Å². The molecule has 0 amide bonds. The van der Waals surface area contributed by atoms with Gasteiger partial charge in [0.2, 0.25) is 0 Å². The van der Waals surface area contributed by atoms with Crippen LogP contribution >= 0.6 is 6.83 Å². The summed E-state index contributed by atoms with van der Waals surface area (Å²) in [6.07, 6.45) is 1.15. The number of hydrogen-bond donors (Lipinski definition) is 3. The quantitative estimate of drug-likeness (QED) is 0.107. The molecule has 0 aliphatic rings. The van der Waals surface area contributed by atoms with Gasteiger partial charge in [0.25, 0.3) is 0 Å². The number of benzene rings is 8. The van der Waals surface area contributed by atoms with Gasteiger partial charge in [-0.2, -0.15) is 0 Å². The Bertz CT molecular complexity index is 2740. The maximum atomic E-state index is 12.2. The third kappa shape index (κ3) is 8.13. The first kappa shape index (κ1) is 43.1. The van der Waals surface area contributed by atoms with Crippen LogP contribution in [0.2, 0.25) is 0 Å². The summed E-state index contributed by atoms with van der Waals surface area (Å²) in [5, 5.41) is 38.6. The van der Waals surface area contributed by atoms with Crippen LogP contribution in [-0.4, -0.2) is 15.3 Å². The summed E-state index contributed by atoms with van der Waals surface area (Å²) in [6, 6.07) is 57.2. The van der Waals surface area contributed by atoms with Crippen molar-refractivity contribution in [1.29, 1.82) is 0 Å². The van der Waals surface area contributed by atoms with E-state index in [0.717, 1.165) is 93.5 Å². The molecule has 63 heavy (non-hydrogen) atoms. The van der Waals surface area contributed by atoms with Crippen LogP contribution in [0.15, 0.2) is 164 Å². The van der Waals surface area contributed by atoms with E-state index in [1.807, 2.05) is 51.1 Å².